The summed E-state index contributed by atoms with van der Waals surface area (Å²) in [5, 5.41) is 0.729. The van der Waals surface area contributed by atoms with Crippen molar-refractivity contribution >= 4 is 23.9 Å². The molecule has 18 heavy (non-hydrogen) atoms. The Bertz CT molecular complexity index is 421. The number of hydrogen-bond acceptors (Lipinski definition) is 5. The van der Waals surface area contributed by atoms with Gasteiger partial charge in [-0.3, -0.25) is 4.79 Å². The first-order chi connectivity index (χ1) is 8.78. The maximum Gasteiger partial charge on any atom is 0.189 e. The van der Waals surface area contributed by atoms with Crippen molar-refractivity contribution < 1.29 is 4.79 Å². The Balaban J connectivity index is 2.26. The van der Waals surface area contributed by atoms with Gasteiger partial charge in [0.25, 0.3) is 0 Å². The van der Waals surface area contributed by atoms with E-state index < -0.39 is 0 Å². The largest absolute Gasteiger partial charge is 0.356 e. The Labute approximate surface area is 112 Å². The van der Waals surface area contributed by atoms with E-state index in [9.17, 15) is 4.79 Å². The molecule has 0 atom stereocenters. The van der Waals surface area contributed by atoms with Crippen LogP contribution in [-0.4, -0.2) is 35.6 Å². The molecule has 0 aromatic carbocycles. The Morgan fingerprint density at radius 2 is 2.33 bits per heavy atom. The lowest BCUT2D eigenvalue weighted by atomic mass is 10.2. The van der Waals surface area contributed by atoms with Gasteiger partial charge >= 0.3 is 0 Å². The van der Waals surface area contributed by atoms with Crippen LogP contribution >= 0.6 is 11.8 Å². The normalized spacial score (nSPS) is 14.6. The van der Waals surface area contributed by atoms with E-state index in [0.717, 1.165) is 42.7 Å². The number of carbonyl (C=O) groups excluding carboxylic acids is 1. The van der Waals surface area contributed by atoms with Gasteiger partial charge in [-0.2, -0.15) is 0 Å². The summed E-state index contributed by atoms with van der Waals surface area (Å²) in [6, 6.07) is 0. The van der Waals surface area contributed by atoms with E-state index in [1.807, 2.05) is 6.26 Å². The van der Waals surface area contributed by atoms with Crippen molar-refractivity contribution in [2.75, 3.05) is 24.2 Å². The van der Waals surface area contributed by atoms with Crippen molar-refractivity contribution in [3.63, 3.8) is 0 Å². The summed E-state index contributed by atoms with van der Waals surface area (Å²) in [6.45, 7) is 4.11. The first-order valence-corrected chi connectivity index (χ1v) is 7.62. The molecule has 1 heterocycles. The van der Waals surface area contributed by atoms with Crippen LogP contribution in [-0.2, 0) is 0 Å². The van der Waals surface area contributed by atoms with Crippen LogP contribution in [0.1, 0.15) is 36.5 Å². The van der Waals surface area contributed by atoms with E-state index in [0.29, 0.717) is 5.56 Å². The number of aldehydes is 1. The summed E-state index contributed by atoms with van der Waals surface area (Å²) in [6.07, 6.45) is 8.11. The second kappa shape index (κ2) is 6.18. The van der Waals surface area contributed by atoms with Crippen LogP contribution in [0, 0.1) is 5.92 Å². The Morgan fingerprint density at radius 1 is 1.56 bits per heavy atom. The lowest BCUT2D eigenvalue weighted by Crippen LogP contribution is -2.28. The van der Waals surface area contributed by atoms with Gasteiger partial charge in [0.15, 0.2) is 11.4 Å². The zero-order chi connectivity index (χ0) is 13.0. The van der Waals surface area contributed by atoms with Crippen LogP contribution < -0.4 is 4.90 Å². The van der Waals surface area contributed by atoms with Gasteiger partial charge < -0.3 is 4.90 Å². The molecule has 4 nitrogen and oxygen atoms in total. The molecule has 98 valence electrons. The number of carbonyl (C=O) groups is 1. The summed E-state index contributed by atoms with van der Waals surface area (Å²) in [7, 11) is 0. The van der Waals surface area contributed by atoms with Gasteiger partial charge in [0.2, 0.25) is 0 Å². The molecule has 1 saturated carbocycles. The molecule has 0 bridgehead atoms. The summed E-state index contributed by atoms with van der Waals surface area (Å²) >= 11 is 1.51. The third-order valence-electron chi connectivity index (χ3n) is 3.05. The molecule has 0 unspecified atom stereocenters. The number of rotatable bonds is 7. The quantitative estimate of drug-likeness (QED) is 0.431. The average molecular weight is 265 g/mol. The molecule has 1 aliphatic carbocycles. The zero-order valence-electron chi connectivity index (χ0n) is 10.9. The molecule has 0 aliphatic heterocycles. The zero-order valence-corrected chi connectivity index (χ0v) is 11.7. The van der Waals surface area contributed by atoms with E-state index in [2.05, 4.69) is 21.8 Å². The molecule has 1 aromatic rings. The second-order valence-electron chi connectivity index (χ2n) is 4.64. The van der Waals surface area contributed by atoms with Gasteiger partial charge in [-0.1, -0.05) is 18.7 Å². The van der Waals surface area contributed by atoms with Crippen molar-refractivity contribution in [2.24, 2.45) is 5.92 Å². The Kier molecular flexibility index (Phi) is 4.58. The molecule has 0 radical (unpaired) electrons. The highest BCUT2D eigenvalue weighted by Crippen LogP contribution is 2.32. The molecule has 2 rings (SSSR count). The van der Waals surface area contributed by atoms with Crippen LogP contribution in [0.5, 0.6) is 0 Å². The molecule has 0 spiro atoms. The van der Waals surface area contributed by atoms with E-state index in [1.54, 1.807) is 6.20 Å². The molecule has 0 N–H and O–H groups in total. The molecular weight excluding hydrogens is 246 g/mol. The number of anilines is 1. The summed E-state index contributed by atoms with van der Waals surface area (Å²) in [5.41, 5.74) is 0.599. The fourth-order valence-corrected chi connectivity index (χ4v) is 2.30. The highest BCUT2D eigenvalue weighted by molar-refractivity contribution is 7.98. The Hall–Kier alpha value is -1.10. The number of hydrogen-bond donors (Lipinski definition) is 0. The van der Waals surface area contributed by atoms with Gasteiger partial charge in [0.1, 0.15) is 5.82 Å². The predicted octanol–water partition coefficient (Wildman–Crippen LogP) is 2.64. The van der Waals surface area contributed by atoms with Crippen molar-refractivity contribution in [3.05, 3.63) is 11.8 Å². The van der Waals surface area contributed by atoms with Crippen molar-refractivity contribution in [1.29, 1.82) is 0 Å². The fraction of sp³-hybridized carbons (Fsp3) is 0.615. The smallest absolute Gasteiger partial charge is 0.189 e. The molecule has 0 saturated heterocycles. The summed E-state index contributed by atoms with van der Waals surface area (Å²) in [4.78, 5) is 22.0. The van der Waals surface area contributed by atoms with Gasteiger partial charge in [0, 0.05) is 19.3 Å². The van der Waals surface area contributed by atoms with Crippen molar-refractivity contribution in [2.45, 2.75) is 31.3 Å². The van der Waals surface area contributed by atoms with Crippen molar-refractivity contribution in [1.82, 2.24) is 9.97 Å². The summed E-state index contributed by atoms with van der Waals surface area (Å²) < 4.78 is 0. The van der Waals surface area contributed by atoms with Crippen LogP contribution in [0.2, 0.25) is 0 Å². The molecule has 0 amide bonds. The second-order valence-corrected chi connectivity index (χ2v) is 5.42. The lowest BCUT2D eigenvalue weighted by Gasteiger charge is -2.24. The van der Waals surface area contributed by atoms with Gasteiger partial charge in [0.05, 0.1) is 5.56 Å². The maximum atomic E-state index is 11.1. The molecular formula is C13H19N3OS. The first kappa shape index (κ1) is 13.3. The SMILES string of the molecule is CCCN(CC1CC1)c1nc(SC)ncc1C=O. The molecule has 5 heteroatoms. The Morgan fingerprint density at radius 3 is 2.89 bits per heavy atom. The standard InChI is InChI=1S/C13H19N3OS/c1-3-6-16(8-10-4-5-10)12-11(9-17)7-14-13(15-12)18-2/h7,9-10H,3-6,8H2,1-2H3. The maximum absolute atomic E-state index is 11.1. The van der Waals surface area contributed by atoms with Crippen molar-refractivity contribution in [3.8, 4) is 0 Å². The minimum absolute atomic E-state index is 0.599. The fourth-order valence-electron chi connectivity index (χ4n) is 1.97. The number of thioether (sulfide) groups is 1. The van der Waals surface area contributed by atoms with E-state index in [-0.39, 0.29) is 0 Å². The minimum Gasteiger partial charge on any atom is -0.356 e. The minimum atomic E-state index is 0.599. The first-order valence-electron chi connectivity index (χ1n) is 6.39. The average Bonchev–Trinajstić information content (AvgIpc) is 3.21. The van der Waals surface area contributed by atoms with Crippen LogP contribution in [0.4, 0.5) is 5.82 Å². The number of nitrogens with zero attached hydrogens (tertiary/aromatic N) is 3. The highest BCUT2D eigenvalue weighted by Gasteiger charge is 2.26. The lowest BCUT2D eigenvalue weighted by molar-refractivity contribution is 0.112. The van der Waals surface area contributed by atoms with Gasteiger partial charge in [-0.25, -0.2) is 9.97 Å². The van der Waals surface area contributed by atoms with E-state index in [4.69, 9.17) is 0 Å². The third-order valence-corrected chi connectivity index (χ3v) is 3.61. The van der Waals surface area contributed by atoms with Crippen LogP contribution in [0.25, 0.3) is 0 Å². The van der Waals surface area contributed by atoms with Gasteiger partial charge in [-0.05, 0) is 31.4 Å². The molecule has 1 fully saturated rings. The highest BCUT2D eigenvalue weighted by atomic mass is 32.2. The van der Waals surface area contributed by atoms with E-state index >= 15 is 0 Å². The van der Waals surface area contributed by atoms with Crippen LogP contribution in [0.15, 0.2) is 11.4 Å². The third kappa shape index (κ3) is 3.22. The monoisotopic (exact) mass is 265 g/mol. The number of aromatic nitrogens is 2. The molecule has 1 aliphatic rings. The predicted molar refractivity (Wildman–Crippen MR) is 74.4 cm³/mol. The van der Waals surface area contributed by atoms with E-state index in [1.165, 1.54) is 24.6 Å². The van der Waals surface area contributed by atoms with Crippen LogP contribution in [0.3, 0.4) is 0 Å². The molecule has 1 aromatic heterocycles. The summed E-state index contributed by atoms with van der Waals surface area (Å²) in [5.74, 6) is 1.59. The van der Waals surface area contributed by atoms with Gasteiger partial charge in [-0.15, -0.1) is 0 Å². The topological polar surface area (TPSA) is 46.1 Å².